The molecule has 1 heterocycles. The maximum atomic E-state index is 13.1. The number of nitrogens with zero attached hydrogens (tertiary/aromatic N) is 2. The largest absolute Gasteiger partial charge is 0.478 e. The standard InChI is InChI=1S/C14H13FN2O2S/c1-7-8(2)16-14(17-9(7)3)20-12-5-4-10(15)6-11(12)13(18)19/h4-6H,1-3H3,(H,18,19). The van der Waals surface area contributed by atoms with Crippen LogP contribution in [0.5, 0.6) is 0 Å². The number of hydrogen-bond donors (Lipinski definition) is 1. The lowest BCUT2D eigenvalue weighted by atomic mass is 10.2. The van der Waals surface area contributed by atoms with Crippen molar-refractivity contribution in [2.24, 2.45) is 0 Å². The second-order valence-electron chi connectivity index (χ2n) is 4.35. The molecule has 0 radical (unpaired) electrons. The first-order chi connectivity index (χ1) is 9.38. The Hall–Kier alpha value is -1.95. The van der Waals surface area contributed by atoms with E-state index < -0.39 is 11.8 Å². The van der Waals surface area contributed by atoms with E-state index in [4.69, 9.17) is 5.11 Å². The van der Waals surface area contributed by atoms with Crippen LogP contribution < -0.4 is 0 Å². The van der Waals surface area contributed by atoms with Gasteiger partial charge in [0.1, 0.15) is 5.82 Å². The zero-order chi connectivity index (χ0) is 14.9. The van der Waals surface area contributed by atoms with Crippen molar-refractivity contribution >= 4 is 17.7 Å². The number of aryl methyl sites for hydroxylation is 2. The molecule has 0 fully saturated rings. The van der Waals surface area contributed by atoms with Crippen LogP contribution >= 0.6 is 11.8 Å². The Kier molecular flexibility index (Phi) is 4.04. The highest BCUT2D eigenvalue weighted by molar-refractivity contribution is 7.99. The monoisotopic (exact) mass is 292 g/mol. The maximum absolute atomic E-state index is 13.1. The van der Waals surface area contributed by atoms with Gasteiger partial charge in [-0.2, -0.15) is 0 Å². The summed E-state index contributed by atoms with van der Waals surface area (Å²) in [5, 5.41) is 9.56. The molecule has 0 saturated heterocycles. The Labute approximate surface area is 120 Å². The summed E-state index contributed by atoms with van der Waals surface area (Å²) in [5.41, 5.74) is 2.61. The number of aromatic carboxylic acids is 1. The second-order valence-corrected chi connectivity index (χ2v) is 5.36. The summed E-state index contributed by atoms with van der Waals surface area (Å²) in [7, 11) is 0. The van der Waals surface area contributed by atoms with Gasteiger partial charge in [0.15, 0.2) is 5.16 Å². The lowest BCUT2D eigenvalue weighted by molar-refractivity contribution is 0.0692. The molecule has 1 aromatic heterocycles. The number of hydrogen-bond acceptors (Lipinski definition) is 4. The predicted molar refractivity (Wildman–Crippen MR) is 73.7 cm³/mol. The van der Waals surface area contributed by atoms with E-state index in [0.717, 1.165) is 34.8 Å². The van der Waals surface area contributed by atoms with E-state index in [1.807, 2.05) is 20.8 Å². The van der Waals surface area contributed by atoms with Crippen LogP contribution in [0.15, 0.2) is 28.3 Å². The molecule has 0 aliphatic carbocycles. The highest BCUT2D eigenvalue weighted by atomic mass is 32.2. The number of aromatic nitrogens is 2. The van der Waals surface area contributed by atoms with E-state index in [-0.39, 0.29) is 5.56 Å². The third-order valence-electron chi connectivity index (χ3n) is 2.99. The van der Waals surface area contributed by atoms with Crippen molar-refractivity contribution in [2.75, 3.05) is 0 Å². The summed E-state index contributed by atoms with van der Waals surface area (Å²) in [5.74, 6) is -1.75. The van der Waals surface area contributed by atoms with Crippen molar-refractivity contribution in [3.63, 3.8) is 0 Å². The molecule has 20 heavy (non-hydrogen) atoms. The van der Waals surface area contributed by atoms with Gasteiger partial charge in [0.05, 0.1) is 5.56 Å². The molecule has 2 aromatic rings. The third-order valence-corrected chi connectivity index (χ3v) is 3.93. The summed E-state index contributed by atoms with van der Waals surface area (Å²) in [6, 6.07) is 3.65. The maximum Gasteiger partial charge on any atom is 0.336 e. The van der Waals surface area contributed by atoms with Gasteiger partial charge >= 0.3 is 5.97 Å². The summed E-state index contributed by atoms with van der Waals surface area (Å²) in [4.78, 5) is 20.2. The molecule has 0 bridgehead atoms. The Morgan fingerprint density at radius 3 is 2.35 bits per heavy atom. The lowest BCUT2D eigenvalue weighted by Crippen LogP contribution is -2.02. The highest BCUT2D eigenvalue weighted by Crippen LogP contribution is 2.29. The van der Waals surface area contributed by atoms with Crippen molar-refractivity contribution in [2.45, 2.75) is 30.8 Å². The number of rotatable bonds is 3. The zero-order valence-corrected chi connectivity index (χ0v) is 12.1. The molecule has 0 saturated carbocycles. The fraction of sp³-hybridized carbons (Fsp3) is 0.214. The highest BCUT2D eigenvalue weighted by Gasteiger charge is 2.14. The zero-order valence-electron chi connectivity index (χ0n) is 11.3. The molecule has 4 nitrogen and oxygen atoms in total. The molecule has 6 heteroatoms. The van der Waals surface area contributed by atoms with Gasteiger partial charge in [0, 0.05) is 16.3 Å². The van der Waals surface area contributed by atoms with Crippen molar-refractivity contribution in [1.29, 1.82) is 0 Å². The van der Waals surface area contributed by atoms with E-state index >= 15 is 0 Å². The second kappa shape index (κ2) is 5.58. The van der Waals surface area contributed by atoms with Crippen molar-refractivity contribution in [3.8, 4) is 0 Å². The molecule has 1 N–H and O–H groups in total. The molecule has 0 aliphatic rings. The first-order valence-electron chi connectivity index (χ1n) is 5.91. The Balaban J connectivity index is 2.42. The van der Waals surface area contributed by atoms with Gasteiger partial charge in [-0.15, -0.1) is 0 Å². The van der Waals surface area contributed by atoms with Crippen LogP contribution in [0.25, 0.3) is 0 Å². The predicted octanol–water partition coefficient (Wildman–Crippen LogP) is 3.39. The quantitative estimate of drug-likeness (QED) is 0.878. The average Bonchev–Trinajstić information content (AvgIpc) is 2.37. The van der Waals surface area contributed by atoms with Crippen molar-refractivity contribution in [1.82, 2.24) is 9.97 Å². The van der Waals surface area contributed by atoms with E-state index in [0.29, 0.717) is 10.1 Å². The molecule has 0 spiro atoms. The lowest BCUT2D eigenvalue weighted by Gasteiger charge is -2.08. The van der Waals surface area contributed by atoms with Crippen molar-refractivity contribution in [3.05, 3.63) is 46.5 Å². The van der Waals surface area contributed by atoms with Gasteiger partial charge in [-0.1, -0.05) is 0 Å². The molecule has 2 rings (SSSR count). The summed E-state index contributed by atoms with van der Waals surface area (Å²) < 4.78 is 13.1. The van der Waals surface area contributed by atoms with E-state index in [1.54, 1.807) is 0 Å². The van der Waals surface area contributed by atoms with Crippen LogP contribution in [0.1, 0.15) is 27.3 Å². The van der Waals surface area contributed by atoms with Crippen LogP contribution in [0, 0.1) is 26.6 Å². The molecule has 1 aromatic carbocycles. The Morgan fingerprint density at radius 1 is 1.20 bits per heavy atom. The SMILES string of the molecule is Cc1nc(Sc2ccc(F)cc2C(=O)O)nc(C)c1C. The minimum absolute atomic E-state index is 0.0884. The van der Waals surface area contributed by atoms with Gasteiger partial charge in [-0.3, -0.25) is 0 Å². The van der Waals surface area contributed by atoms with Crippen LogP contribution in [0.2, 0.25) is 0 Å². The molecular weight excluding hydrogens is 279 g/mol. The average molecular weight is 292 g/mol. The number of halogens is 1. The molecule has 0 atom stereocenters. The molecule has 0 aliphatic heterocycles. The van der Waals surface area contributed by atoms with Gasteiger partial charge < -0.3 is 5.11 Å². The third kappa shape index (κ3) is 2.96. The van der Waals surface area contributed by atoms with E-state index in [2.05, 4.69) is 9.97 Å². The summed E-state index contributed by atoms with van der Waals surface area (Å²) in [6.07, 6.45) is 0. The normalized spacial score (nSPS) is 10.6. The smallest absolute Gasteiger partial charge is 0.336 e. The summed E-state index contributed by atoms with van der Waals surface area (Å²) in [6.45, 7) is 5.67. The first-order valence-corrected chi connectivity index (χ1v) is 6.72. The van der Waals surface area contributed by atoms with Crippen molar-refractivity contribution < 1.29 is 14.3 Å². The molecular formula is C14H13FN2O2S. The summed E-state index contributed by atoms with van der Waals surface area (Å²) >= 11 is 1.12. The molecule has 0 unspecified atom stereocenters. The fourth-order valence-electron chi connectivity index (χ4n) is 1.64. The van der Waals surface area contributed by atoms with Crippen LogP contribution in [-0.2, 0) is 0 Å². The van der Waals surface area contributed by atoms with E-state index in [9.17, 15) is 9.18 Å². The topological polar surface area (TPSA) is 63.1 Å². The molecule has 104 valence electrons. The molecule has 0 amide bonds. The first kappa shape index (κ1) is 14.5. The Morgan fingerprint density at radius 2 is 1.80 bits per heavy atom. The van der Waals surface area contributed by atoms with Gasteiger partial charge in [-0.05, 0) is 56.3 Å². The number of benzene rings is 1. The minimum atomic E-state index is -1.17. The van der Waals surface area contributed by atoms with Crippen LogP contribution in [-0.4, -0.2) is 21.0 Å². The van der Waals surface area contributed by atoms with Crippen LogP contribution in [0.4, 0.5) is 4.39 Å². The Bertz CT molecular complexity index is 666. The van der Waals surface area contributed by atoms with Gasteiger partial charge in [-0.25, -0.2) is 19.2 Å². The number of carboxylic acid groups (broad SMARTS) is 1. The fourth-order valence-corrected chi connectivity index (χ4v) is 2.60. The number of carbonyl (C=O) groups is 1. The van der Waals surface area contributed by atoms with Gasteiger partial charge in [0.2, 0.25) is 0 Å². The van der Waals surface area contributed by atoms with Gasteiger partial charge in [0.25, 0.3) is 0 Å². The minimum Gasteiger partial charge on any atom is -0.478 e. The van der Waals surface area contributed by atoms with Crippen LogP contribution in [0.3, 0.4) is 0 Å². The van der Waals surface area contributed by atoms with E-state index in [1.165, 1.54) is 12.1 Å². The number of carboxylic acids is 1.